The van der Waals surface area contributed by atoms with E-state index >= 15 is 0 Å². The van der Waals surface area contributed by atoms with Crippen molar-refractivity contribution in [1.29, 1.82) is 0 Å². The molecule has 10 nitrogen and oxygen atoms in total. The van der Waals surface area contributed by atoms with Gasteiger partial charge in [0.25, 0.3) is 0 Å². The Balaban J connectivity index is 1.24. The predicted molar refractivity (Wildman–Crippen MR) is 148 cm³/mol. The van der Waals surface area contributed by atoms with E-state index in [1.807, 2.05) is 25.1 Å². The first-order valence-corrected chi connectivity index (χ1v) is 13.0. The number of halogens is 3. The van der Waals surface area contributed by atoms with Crippen LogP contribution in [0.25, 0.3) is 17.1 Å². The molecular weight excluding hydrogens is 559 g/mol. The molecular formula is C27H20F3N7O3S. The number of carbonyl (C=O) groups is 2. The van der Waals surface area contributed by atoms with E-state index in [-0.39, 0.29) is 22.6 Å². The molecule has 1 aromatic heterocycles. The Bertz CT molecular complexity index is 1650. The third kappa shape index (κ3) is 6.78. The number of urea groups is 1. The number of ether oxygens (including phenoxy) is 1. The number of thioether (sulfide) groups is 1. The molecule has 3 aromatic carbocycles. The van der Waals surface area contributed by atoms with Crippen LogP contribution in [0.15, 0.2) is 89.2 Å². The number of amides is 3. The zero-order valence-electron chi connectivity index (χ0n) is 21.2. The molecule has 1 saturated heterocycles. The predicted octanol–water partition coefficient (Wildman–Crippen LogP) is 5.32. The molecule has 0 bridgehead atoms. The number of anilines is 1. The highest BCUT2D eigenvalue weighted by Crippen LogP contribution is 2.29. The van der Waals surface area contributed by atoms with Gasteiger partial charge in [0.05, 0.1) is 23.3 Å². The topological polar surface area (TPSA) is 114 Å². The highest BCUT2D eigenvalue weighted by molar-refractivity contribution is 8.15. The SMILES string of the molecule is Cc1ccccc1N1C(=O)CSC1=NC(=O)N/N=C/c1cccc(-c2ncn(-c3ccc(OC(F)(F)F)cc3)n2)c1. The number of para-hydroxylation sites is 1. The summed E-state index contributed by atoms with van der Waals surface area (Å²) < 4.78 is 42.5. The lowest BCUT2D eigenvalue weighted by Crippen LogP contribution is -2.31. The number of hydrogen-bond donors (Lipinski definition) is 1. The molecule has 4 aromatic rings. The van der Waals surface area contributed by atoms with Gasteiger partial charge in [-0.2, -0.15) is 10.1 Å². The molecule has 14 heteroatoms. The van der Waals surface area contributed by atoms with Crippen LogP contribution in [0.2, 0.25) is 0 Å². The van der Waals surface area contributed by atoms with Gasteiger partial charge in [-0.25, -0.2) is 19.9 Å². The summed E-state index contributed by atoms with van der Waals surface area (Å²) in [6.45, 7) is 1.87. The molecule has 1 aliphatic heterocycles. The van der Waals surface area contributed by atoms with E-state index < -0.39 is 12.4 Å². The Morgan fingerprint density at radius 1 is 1.10 bits per heavy atom. The molecule has 0 unspecified atom stereocenters. The number of amidine groups is 1. The minimum atomic E-state index is -4.77. The standard InChI is InChI=1S/C27H20F3N7O3S/c1-17-5-2-3-8-22(17)37-23(38)15-41-26(37)33-25(39)34-32-14-18-6-4-7-19(13-18)24-31-16-36(35-24)20-9-11-21(12-10-20)40-27(28,29)30/h2-14,16H,15H2,1H3,(H,34,39)/b32-14+,33-26?. The van der Waals surface area contributed by atoms with Crippen LogP contribution in [-0.2, 0) is 4.79 Å². The van der Waals surface area contributed by atoms with Gasteiger partial charge in [-0.15, -0.1) is 18.3 Å². The summed E-state index contributed by atoms with van der Waals surface area (Å²) in [7, 11) is 0. The van der Waals surface area contributed by atoms with Gasteiger partial charge in [-0.3, -0.25) is 9.69 Å². The Morgan fingerprint density at radius 2 is 1.88 bits per heavy atom. The van der Waals surface area contributed by atoms with Crippen molar-refractivity contribution in [3.8, 4) is 22.8 Å². The number of alkyl halides is 3. The Labute approximate surface area is 235 Å². The Hall–Kier alpha value is -4.98. The van der Waals surface area contributed by atoms with Crippen LogP contribution in [0, 0.1) is 6.92 Å². The number of aromatic nitrogens is 3. The van der Waals surface area contributed by atoms with E-state index in [2.05, 4.69) is 30.3 Å². The molecule has 0 radical (unpaired) electrons. The van der Waals surface area contributed by atoms with E-state index in [1.165, 1.54) is 58.2 Å². The average Bonchev–Trinajstić information content (AvgIpc) is 3.56. The zero-order chi connectivity index (χ0) is 29.0. The summed E-state index contributed by atoms with van der Waals surface area (Å²) in [6, 6.07) is 18.8. The lowest BCUT2D eigenvalue weighted by molar-refractivity contribution is -0.274. The van der Waals surface area contributed by atoms with Crippen molar-refractivity contribution in [1.82, 2.24) is 20.2 Å². The van der Waals surface area contributed by atoms with Crippen LogP contribution in [0.5, 0.6) is 5.75 Å². The van der Waals surface area contributed by atoms with Crippen molar-refractivity contribution >= 4 is 40.8 Å². The van der Waals surface area contributed by atoms with Crippen LogP contribution >= 0.6 is 11.8 Å². The maximum absolute atomic E-state index is 12.4. The number of aliphatic imine (C=N–C) groups is 1. The number of rotatable bonds is 6. The van der Waals surface area contributed by atoms with Gasteiger partial charge in [0.15, 0.2) is 11.0 Å². The van der Waals surface area contributed by atoms with Crippen molar-refractivity contribution in [2.24, 2.45) is 10.1 Å². The quantitative estimate of drug-likeness (QED) is 0.244. The monoisotopic (exact) mass is 579 g/mol. The van der Waals surface area contributed by atoms with Gasteiger partial charge < -0.3 is 4.74 Å². The first-order chi connectivity index (χ1) is 19.7. The van der Waals surface area contributed by atoms with Crippen molar-refractivity contribution in [2.45, 2.75) is 13.3 Å². The lowest BCUT2D eigenvalue weighted by atomic mass is 10.1. The van der Waals surface area contributed by atoms with E-state index in [0.717, 1.165) is 5.56 Å². The fraction of sp³-hybridized carbons (Fsp3) is 0.111. The molecule has 1 aliphatic rings. The van der Waals surface area contributed by atoms with E-state index in [1.54, 1.807) is 30.3 Å². The fourth-order valence-electron chi connectivity index (χ4n) is 3.85. The highest BCUT2D eigenvalue weighted by atomic mass is 32.2. The second-order valence-corrected chi connectivity index (χ2v) is 9.50. The fourth-order valence-corrected chi connectivity index (χ4v) is 4.71. The zero-order valence-corrected chi connectivity index (χ0v) is 22.1. The second kappa shape index (κ2) is 11.6. The van der Waals surface area contributed by atoms with E-state index in [4.69, 9.17) is 0 Å². The summed E-state index contributed by atoms with van der Waals surface area (Å²) in [4.78, 5) is 34.5. The van der Waals surface area contributed by atoms with Gasteiger partial charge in [0.2, 0.25) is 5.91 Å². The van der Waals surface area contributed by atoms with Gasteiger partial charge in [0.1, 0.15) is 12.1 Å². The van der Waals surface area contributed by atoms with Crippen molar-refractivity contribution < 1.29 is 27.5 Å². The van der Waals surface area contributed by atoms with Gasteiger partial charge in [-0.05, 0) is 54.4 Å². The number of nitrogens with one attached hydrogen (secondary N) is 1. The van der Waals surface area contributed by atoms with E-state index in [9.17, 15) is 22.8 Å². The van der Waals surface area contributed by atoms with Crippen LogP contribution in [0.3, 0.4) is 0 Å². The molecule has 1 N–H and O–H groups in total. The molecule has 2 heterocycles. The summed E-state index contributed by atoms with van der Waals surface area (Å²) >= 11 is 1.17. The number of benzene rings is 3. The third-order valence-electron chi connectivity index (χ3n) is 5.66. The summed E-state index contributed by atoms with van der Waals surface area (Å²) in [5.74, 6) is 0.0364. The first-order valence-electron chi connectivity index (χ1n) is 12.0. The number of hydrazone groups is 1. The molecule has 1 fully saturated rings. The van der Waals surface area contributed by atoms with Crippen LogP contribution < -0.4 is 15.1 Å². The second-order valence-electron chi connectivity index (χ2n) is 8.55. The Morgan fingerprint density at radius 3 is 2.63 bits per heavy atom. The molecule has 0 aliphatic carbocycles. The van der Waals surface area contributed by atoms with Crippen molar-refractivity contribution in [3.05, 3.63) is 90.3 Å². The first kappa shape index (κ1) is 27.6. The molecule has 0 saturated carbocycles. The molecule has 0 atom stereocenters. The maximum atomic E-state index is 12.4. The third-order valence-corrected chi connectivity index (χ3v) is 6.59. The molecule has 5 rings (SSSR count). The van der Waals surface area contributed by atoms with E-state index in [0.29, 0.717) is 28.3 Å². The minimum Gasteiger partial charge on any atom is -0.406 e. The lowest BCUT2D eigenvalue weighted by Gasteiger charge is -2.17. The van der Waals surface area contributed by atoms with Crippen LogP contribution in [0.4, 0.5) is 23.7 Å². The molecule has 208 valence electrons. The van der Waals surface area contributed by atoms with Crippen LogP contribution in [0.1, 0.15) is 11.1 Å². The minimum absolute atomic E-state index is 0.167. The normalized spacial score (nSPS) is 14.7. The maximum Gasteiger partial charge on any atom is 0.573 e. The summed E-state index contributed by atoms with van der Waals surface area (Å²) in [5.41, 5.74) is 5.65. The number of aryl methyl sites for hydroxylation is 1. The number of nitrogens with zero attached hydrogens (tertiary/aromatic N) is 6. The smallest absolute Gasteiger partial charge is 0.406 e. The van der Waals surface area contributed by atoms with Gasteiger partial charge in [0, 0.05) is 5.56 Å². The molecule has 41 heavy (non-hydrogen) atoms. The number of carbonyl (C=O) groups excluding carboxylic acids is 2. The summed E-state index contributed by atoms with van der Waals surface area (Å²) in [6.07, 6.45) is -1.92. The van der Waals surface area contributed by atoms with Crippen molar-refractivity contribution in [2.75, 3.05) is 10.7 Å². The molecule has 3 amide bonds. The summed E-state index contributed by atoms with van der Waals surface area (Å²) in [5, 5.41) is 8.61. The van der Waals surface area contributed by atoms with Crippen molar-refractivity contribution in [3.63, 3.8) is 0 Å². The van der Waals surface area contributed by atoms with Crippen LogP contribution in [-0.4, -0.2) is 50.2 Å². The average molecular weight is 580 g/mol. The van der Waals surface area contributed by atoms with Gasteiger partial charge >= 0.3 is 12.4 Å². The number of hydrogen-bond acceptors (Lipinski definition) is 7. The van der Waals surface area contributed by atoms with Gasteiger partial charge in [-0.1, -0.05) is 48.2 Å². The molecule has 0 spiro atoms. The highest BCUT2D eigenvalue weighted by Gasteiger charge is 2.32. The largest absolute Gasteiger partial charge is 0.573 e. The Kier molecular flexibility index (Phi) is 7.83.